The zero-order valence-corrected chi connectivity index (χ0v) is 13.0. The molecule has 0 radical (unpaired) electrons. The highest BCUT2D eigenvalue weighted by Crippen LogP contribution is 2.34. The lowest BCUT2D eigenvalue weighted by atomic mass is 9.73. The number of rotatable bonds is 6. The second-order valence-corrected chi connectivity index (χ2v) is 7.45. The molecule has 2 heteroatoms. The van der Waals surface area contributed by atoms with Crippen LogP contribution in [0.2, 0.25) is 0 Å². The Kier molecular flexibility index (Phi) is 6.13. The lowest BCUT2D eigenvalue weighted by Crippen LogP contribution is -2.46. The van der Waals surface area contributed by atoms with Gasteiger partial charge in [0.05, 0.1) is 0 Å². The fourth-order valence-corrected chi connectivity index (χ4v) is 3.24. The van der Waals surface area contributed by atoms with E-state index in [1.165, 1.54) is 19.3 Å². The molecule has 18 heavy (non-hydrogen) atoms. The third-order valence-corrected chi connectivity index (χ3v) is 4.65. The molecule has 2 N–H and O–H groups in total. The average molecular weight is 255 g/mol. The molecule has 0 heterocycles. The Labute approximate surface area is 114 Å². The second-order valence-electron chi connectivity index (χ2n) is 7.45. The van der Waals surface area contributed by atoms with Gasteiger partial charge in [0.15, 0.2) is 0 Å². The van der Waals surface area contributed by atoms with Crippen LogP contribution in [0.15, 0.2) is 0 Å². The van der Waals surface area contributed by atoms with Crippen LogP contribution in [0.4, 0.5) is 0 Å². The van der Waals surface area contributed by atoms with E-state index in [-0.39, 0.29) is 5.41 Å². The van der Waals surface area contributed by atoms with E-state index >= 15 is 0 Å². The van der Waals surface area contributed by atoms with E-state index in [0.29, 0.717) is 12.6 Å². The Morgan fingerprint density at radius 1 is 1.28 bits per heavy atom. The summed E-state index contributed by atoms with van der Waals surface area (Å²) in [5, 5.41) is 12.9. The Balaban J connectivity index is 2.50. The molecule has 0 saturated heterocycles. The quantitative estimate of drug-likeness (QED) is 0.762. The van der Waals surface area contributed by atoms with E-state index in [0.717, 1.165) is 30.7 Å². The van der Waals surface area contributed by atoms with Crippen LogP contribution in [0.3, 0.4) is 0 Å². The van der Waals surface area contributed by atoms with Crippen molar-refractivity contribution < 1.29 is 5.11 Å². The van der Waals surface area contributed by atoms with E-state index in [1.54, 1.807) is 0 Å². The maximum Gasteiger partial charge on any atom is 0.0436 e. The minimum absolute atomic E-state index is 0.205. The average Bonchev–Trinajstić information content (AvgIpc) is 2.26. The molecular weight excluding hydrogens is 222 g/mol. The third kappa shape index (κ3) is 4.89. The van der Waals surface area contributed by atoms with Gasteiger partial charge in [-0.1, -0.05) is 41.0 Å². The van der Waals surface area contributed by atoms with Gasteiger partial charge in [-0.3, -0.25) is 0 Å². The van der Waals surface area contributed by atoms with Crippen LogP contribution in [0.25, 0.3) is 0 Å². The van der Waals surface area contributed by atoms with Crippen molar-refractivity contribution >= 4 is 0 Å². The van der Waals surface area contributed by atoms with E-state index in [4.69, 9.17) is 5.11 Å². The van der Waals surface area contributed by atoms with Crippen LogP contribution >= 0.6 is 0 Å². The molecule has 1 saturated carbocycles. The summed E-state index contributed by atoms with van der Waals surface area (Å²) in [6, 6.07) is 0.673. The highest BCUT2D eigenvalue weighted by Gasteiger charge is 2.31. The molecule has 0 amide bonds. The summed E-state index contributed by atoms with van der Waals surface area (Å²) >= 11 is 0. The van der Waals surface area contributed by atoms with Crippen molar-refractivity contribution in [3.63, 3.8) is 0 Å². The van der Waals surface area contributed by atoms with E-state index in [9.17, 15) is 0 Å². The topological polar surface area (TPSA) is 32.3 Å². The minimum Gasteiger partial charge on any atom is -0.396 e. The van der Waals surface area contributed by atoms with Crippen LogP contribution in [-0.4, -0.2) is 24.3 Å². The summed E-state index contributed by atoms with van der Waals surface area (Å²) < 4.78 is 0. The molecule has 0 aromatic heterocycles. The number of nitrogens with one attached hydrogen (secondary N) is 1. The first-order valence-corrected chi connectivity index (χ1v) is 7.70. The first kappa shape index (κ1) is 16.0. The molecule has 3 atom stereocenters. The lowest BCUT2D eigenvalue weighted by molar-refractivity contribution is 0.145. The van der Waals surface area contributed by atoms with Gasteiger partial charge in [-0.15, -0.1) is 0 Å². The largest absolute Gasteiger partial charge is 0.396 e. The molecule has 0 aromatic carbocycles. The Bertz CT molecular complexity index is 237. The second kappa shape index (κ2) is 6.91. The summed E-state index contributed by atoms with van der Waals surface area (Å²) in [4.78, 5) is 0. The summed E-state index contributed by atoms with van der Waals surface area (Å²) in [7, 11) is 0. The number of aliphatic hydroxyl groups excluding tert-OH is 1. The van der Waals surface area contributed by atoms with Crippen molar-refractivity contribution in [2.45, 2.75) is 66.3 Å². The molecule has 0 bridgehead atoms. The monoisotopic (exact) mass is 255 g/mol. The van der Waals surface area contributed by atoms with Gasteiger partial charge in [0, 0.05) is 19.2 Å². The van der Waals surface area contributed by atoms with Gasteiger partial charge in [0.1, 0.15) is 0 Å². The van der Waals surface area contributed by atoms with E-state index in [1.807, 2.05) is 0 Å². The molecule has 2 nitrogen and oxygen atoms in total. The summed E-state index contributed by atoms with van der Waals surface area (Å²) in [6.45, 7) is 12.9. The normalized spacial score (nSPS) is 29.8. The van der Waals surface area contributed by atoms with Gasteiger partial charge in [0.2, 0.25) is 0 Å². The summed E-state index contributed by atoms with van der Waals surface area (Å²) in [6.07, 6.45) is 4.96. The predicted octanol–water partition coefficient (Wildman–Crippen LogP) is 3.45. The van der Waals surface area contributed by atoms with Gasteiger partial charge < -0.3 is 10.4 Å². The number of aliphatic hydroxyl groups is 1. The van der Waals surface area contributed by atoms with E-state index < -0.39 is 0 Å². The molecule has 0 spiro atoms. The van der Waals surface area contributed by atoms with Crippen LogP contribution in [0.5, 0.6) is 0 Å². The van der Waals surface area contributed by atoms with Crippen molar-refractivity contribution in [3.05, 3.63) is 0 Å². The third-order valence-electron chi connectivity index (χ3n) is 4.65. The fourth-order valence-electron chi connectivity index (χ4n) is 3.24. The van der Waals surface area contributed by atoms with Gasteiger partial charge in [-0.25, -0.2) is 0 Å². The van der Waals surface area contributed by atoms with Crippen molar-refractivity contribution in [1.82, 2.24) is 5.32 Å². The Hall–Kier alpha value is -0.0800. The van der Waals surface area contributed by atoms with Crippen LogP contribution in [0.1, 0.15) is 60.3 Å². The SMILES string of the molecule is CC1CCC(C(C)C)C(NCC(C)(C)CCO)C1. The Morgan fingerprint density at radius 3 is 2.50 bits per heavy atom. The molecule has 0 aromatic rings. The highest BCUT2D eigenvalue weighted by molar-refractivity contribution is 4.87. The number of hydrogen-bond donors (Lipinski definition) is 2. The van der Waals surface area contributed by atoms with Gasteiger partial charge in [0.25, 0.3) is 0 Å². The summed E-state index contributed by atoms with van der Waals surface area (Å²) in [5.41, 5.74) is 0.205. The fraction of sp³-hybridized carbons (Fsp3) is 1.00. The molecule has 1 aliphatic carbocycles. The molecular formula is C16H33NO. The van der Waals surface area contributed by atoms with Crippen LogP contribution in [-0.2, 0) is 0 Å². The van der Waals surface area contributed by atoms with Crippen LogP contribution in [0, 0.1) is 23.2 Å². The smallest absolute Gasteiger partial charge is 0.0436 e. The molecule has 108 valence electrons. The molecule has 3 unspecified atom stereocenters. The lowest BCUT2D eigenvalue weighted by Gasteiger charge is -2.39. The standard InChI is InChI=1S/C16H33NO/c1-12(2)14-7-6-13(3)10-15(14)17-11-16(4,5)8-9-18/h12-15,17-18H,6-11H2,1-5H3. The van der Waals surface area contributed by atoms with Crippen LogP contribution < -0.4 is 5.32 Å². The predicted molar refractivity (Wildman–Crippen MR) is 78.6 cm³/mol. The Morgan fingerprint density at radius 2 is 1.94 bits per heavy atom. The van der Waals surface area contributed by atoms with Crippen molar-refractivity contribution in [1.29, 1.82) is 0 Å². The molecule has 1 fully saturated rings. The van der Waals surface area contributed by atoms with Crippen molar-refractivity contribution in [2.75, 3.05) is 13.2 Å². The highest BCUT2D eigenvalue weighted by atomic mass is 16.3. The van der Waals surface area contributed by atoms with Gasteiger partial charge >= 0.3 is 0 Å². The maximum atomic E-state index is 9.09. The first-order valence-electron chi connectivity index (χ1n) is 7.70. The maximum absolute atomic E-state index is 9.09. The molecule has 1 aliphatic rings. The van der Waals surface area contributed by atoms with E-state index in [2.05, 4.69) is 39.9 Å². The van der Waals surface area contributed by atoms with Crippen molar-refractivity contribution in [2.24, 2.45) is 23.2 Å². The molecule has 1 rings (SSSR count). The minimum atomic E-state index is 0.205. The van der Waals surface area contributed by atoms with Gasteiger partial charge in [-0.05, 0) is 42.4 Å². The van der Waals surface area contributed by atoms with Gasteiger partial charge in [-0.2, -0.15) is 0 Å². The van der Waals surface area contributed by atoms with Crippen molar-refractivity contribution in [3.8, 4) is 0 Å². The number of hydrogen-bond acceptors (Lipinski definition) is 2. The summed E-state index contributed by atoms with van der Waals surface area (Å²) in [5.74, 6) is 2.46. The molecule has 0 aliphatic heterocycles. The zero-order valence-electron chi connectivity index (χ0n) is 13.0. The first-order chi connectivity index (χ1) is 8.35. The zero-order chi connectivity index (χ0) is 13.8.